The molecule has 0 amide bonds. The molecule has 0 radical (unpaired) electrons. The summed E-state index contributed by atoms with van der Waals surface area (Å²) in [5, 5.41) is 7.86. The van der Waals surface area contributed by atoms with Crippen molar-refractivity contribution in [2.24, 2.45) is 5.73 Å². The largest absolute Gasteiger partial charge is 0.406 e. The van der Waals surface area contributed by atoms with Gasteiger partial charge in [0.15, 0.2) is 0 Å². The van der Waals surface area contributed by atoms with Gasteiger partial charge >= 0.3 is 6.01 Å². The Morgan fingerprint density at radius 3 is 2.64 bits per heavy atom. The van der Waals surface area contributed by atoms with Gasteiger partial charge in [0.05, 0.1) is 6.04 Å². The molecule has 1 aromatic rings. The summed E-state index contributed by atoms with van der Waals surface area (Å²) in [5.74, 6) is 0.506. The summed E-state index contributed by atoms with van der Waals surface area (Å²) in [5.41, 5.74) is 5.64. The van der Waals surface area contributed by atoms with Crippen LogP contribution in [0.5, 0.6) is 0 Å². The molecule has 2 rings (SSSR count). The molecule has 0 bridgehead atoms. The summed E-state index contributed by atoms with van der Waals surface area (Å²) in [6.45, 7) is 1.83. The molecule has 5 heteroatoms. The average molecular weight is 196 g/mol. The average Bonchev–Trinajstić information content (AvgIpc) is 2.48. The second-order valence-corrected chi connectivity index (χ2v) is 3.91. The Hall–Kier alpha value is -1.10. The van der Waals surface area contributed by atoms with Crippen molar-refractivity contribution < 1.29 is 4.42 Å². The molecule has 1 heterocycles. The van der Waals surface area contributed by atoms with Crippen molar-refractivity contribution in [2.45, 2.75) is 38.3 Å². The lowest BCUT2D eigenvalue weighted by Gasteiger charge is -2.33. The summed E-state index contributed by atoms with van der Waals surface area (Å²) < 4.78 is 5.44. The van der Waals surface area contributed by atoms with E-state index in [1.807, 2.05) is 18.9 Å². The van der Waals surface area contributed by atoms with Crippen LogP contribution in [0.15, 0.2) is 4.42 Å². The van der Waals surface area contributed by atoms with Crippen molar-refractivity contribution in [3.05, 3.63) is 5.89 Å². The first-order valence-electron chi connectivity index (χ1n) is 5.00. The van der Waals surface area contributed by atoms with Gasteiger partial charge in [-0.05, 0) is 26.2 Å². The molecule has 5 nitrogen and oxygen atoms in total. The molecule has 0 aromatic carbocycles. The Balaban J connectivity index is 2.07. The number of hydrogen-bond donors (Lipinski definition) is 1. The Morgan fingerprint density at radius 1 is 1.50 bits per heavy atom. The maximum absolute atomic E-state index is 5.64. The molecule has 0 saturated heterocycles. The van der Waals surface area contributed by atoms with Gasteiger partial charge in [0, 0.05) is 13.1 Å². The van der Waals surface area contributed by atoms with E-state index in [0.29, 0.717) is 17.9 Å². The molecule has 14 heavy (non-hydrogen) atoms. The second kappa shape index (κ2) is 3.57. The lowest BCUT2D eigenvalue weighted by Crippen LogP contribution is -2.37. The van der Waals surface area contributed by atoms with E-state index in [2.05, 4.69) is 10.2 Å². The number of rotatable bonds is 3. The van der Waals surface area contributed by atoms with E-state index in [4.69, 9.17) is 10.2 Å². The van der Waals surface area contributed by atoms with Crippen molar-refractivity contribution in [1.82, 2.24) is 10.2 Å². The number of nitrogens with zero attached hydrogens (tertiary/aromatic N) is 3. The van der Waals surface area contributed by atoms with Crippen LogP contribution < -0.4 is 10.6 Å². The first kappa shape index (κ1) is 9.45. The summed E-state index contributed by atoms with van der Waals surface area (Å²) in [7, 11) is 1.99. The molecule has 1 fully saturated rings. The first-order valence-corrected chi connectivity index (χ1v) is 5.00. The standard InChI is InChI=1S/C9H16N4O/c1-6(10)8-11-12-9(14-8)13(2)7-4-3-5-7/h6-7H,3-5,10H2,1-2H3. The molecule has 2 N–H and O–H groups in total. The molecule has 1 atom stereocenters. The van der Waals surface area contributed by atoms with Crippen LogP contribution in [0, 0.1) is 0 Å². The SMILES string of the molecule is CC(N)c1nnc(N(C)C2CCC2)o1. The van der Waals surface area contributed by atoms with Crippen LogP contribution in [0.25, 0.3) is 0 Å². The minimum atomic E-state index is -0.189. The molecule has 0 spiro atoms. The summed E-state index contributed by atoms with van der Waals surface area (Å²) in [4.78, 5) is 2.04. The van der Waals surface area contributed by atoms with Crippen LogP contribution in [0.1, 0.15) is 38.1 Å². The second-order valence-electron chi connectivity index (χ2n) is 3.91. The zero-order valence-electron chi connectivity index (χ0n) is 8.60. The third kappa shape index (κ3) is 1.59. The van der Waals surface area contributed by atoms with E-state index >= 15 is 0 Å². The Morgan fingerprint density at radius 2 is 2.21 bits per heavy atom. The van der Waals surface area contributed by atoms with Crippen LogP contribution >= 0.6 is 0 Å². The molecule has 1 aliphatic carbocycles. The smallest absolute Gasteiger partial charge is 0.318 e. The van der Waals surface area contributed by atoms with Gasteiger partial charge in [-0.15, -0.1) is 5.10 Å². The van der Waals surface area contributed by atoms with Crippen molar-refractivity contribution in [3.63, 3.8) is 0 Å². The van der Waals surface area contributed by atoms with Crippen molar-refractivity contribution >= 4 is 6.01 Å². The zero-order chi connectivity index (χ0) is 10.1. The molecule has 1 saturated carbocycles. The monoisotopic (exact) mass is 196 g/mol. The van der Waals surface area contributed by atoms with Gasteiger partial charge in [-0.3, -0.25) is 0 Å². The zero-order valence-corrected chi connectivity index (χ0v) is 8.60. The molecule has 0 aliphatic heterocycles. The molecule has 1 unspecified atom stereocenters. The summed E-state index contributed by atoms with van der Waals surface area (Å²) >= 11 is 0. The van der Waals surface area contributed by atoms with Gasteiger partial charge in [0.2, 0.25) is 5.89 Å². The van der Waals surface area contributed by atoms with Crippen LogP contribution in [-0.4, -0.2) is 23.3 Å². The Bertz CT molecular complexity index is 306. The molecule has 78 valence electrons. The number of hydrogen-bond acceptors (Lipinski definition) is 5. The van der Waals surface area contributed by atoms with E-state index in [1.54, 1.807) is 0 Å². The molecule has 1 aromatic heterocycles. The van der Waals surface area contributed by atoms with Crippen molar-refractivity contribution in [2.75, 3.05) is 11.9 Å². The number of aromatic nitrogens is 2. The molecular weight excluding hydrogens is 180 g/mol. The third-order valence-corrected chi connectivity index (χ3v) is 2.74. The van der Waals surface area contributed by atoms with E-state index in [0.717, 1.165) is 0 Å². The fraction of sp³-hybridized carbons (Fsp3) is 0.778. The van der Waals surface area contributed by atoms with E-state index < -0.39 is 0 Å². The number of nitrogens with two attached hydrogens (primary N) is 1. The van der Waals surface area contributed by atoms with Gasteiger partial charge in [-0.2, -0.15) is 0 Å². The highest BCUT2D eigenvalue weighted by Crippen LogP contribution is 2.27. The maximum atomic E-state index is 5.64. The van der Waals surface area contributed by atoms with Gasteiger partial charge in [0.25, 0.3) is 0 Å². The molecular formula is C9H16N4O. The normalized spacial score (nSPS) is 19.1. The maximum Gasteiger partial charge on any atom is 0.318 e. The predicted octanol–water partition coefficient (Wildman–Crippen LogP) is 1.08. The van der Waals surface area contributed by atoms with Crippen LogP contribution in [0.4, 0.5) is 6.01 Å². The van der Waals surface area contributed by atoms with Crippen LogP contribution in [0.3, 0.4) is 0 Å². The minimum Gasteiger partial charge on any atom is -0.406 e. The molecule has 1 aliphatic rings. The highest BCUT2D eigenvalue weighted by molar-refractivity contribution is 5.25. The minimum absolute atomic E-state index is 0.189. The first-order chi connectivity index (χ1) is 6.68. The van der Waals surface area contributed by atoms with Crippen LogP contribution in [-0.2, 0) is 0 Å². The fourth-order valence-electron chi connectivity index (χ4n) is 1.48. The fourth-order valence-corrected chi connectivity index (χ4v) is 1.48. The lowest BCUT2D eigenvalue weighted by molar-refractivity contribution is 0.370. The Labute approximate surface area is 83.3 Å². The van der Waals surface area contributed by atoms with Gasteiger partial charge in [-0.1, -0.05) is 5.10 Å². The quantitative estimate of drug-likeness (QED) is 0.783. The third-order valence-electron chi connectivity index (χ3n) is 2.74. The van der Waals surface area contributed by atoms with E-state index in [-0.39, 0.29) is 6.04 Å². The Kier molecular flexibility index (Phi) is 2.41. The lowest BCUT2D eigenvalue weighted by atomic mass is 9.92. The highest BCUT2D eigenvalue weighted by Gasteiger charge is 2.25. The van der Waals surface area contributed by atoms with E-state index in [1.165, 1.54) is 19.3 Å². The van der Waals surface area contributed by atoms with Crippen molar-refractivity contribution in [3.8, 4) is 0 Å². The van der Waals surface area contributed by atoms with Gasteiger partial charge in [-0.25, -0.2) is 0 Å². The van der Waals surface area contributed by atoms with E-state index in [9.17, 15) is 0 Å². The topological polar surface area (TPSA) is 68.2 Å². The van der Waals surface area contributed by atoms with Gasteiger partial charge < -0.3 is 15.1 Å². The van der Waals surface area contributed by atoms with Gasteiger partial charge in [0.1, 0.15) is 0 Å². The van der Waals surface area contributed by atoms with Crippen LogP contribution in [0.2, 0.25) is 0 Å². The number of anilines is 1. The van der Waals surface area contributed by atoms with Crippen molar-refractivity contribution in [1.29, 1.82) is 0 Å². The highest BCUT2D eigenvalue weighted by atomic mass is 16.4. The summed E-state index contributed by atoms with van der Waals surface area (Å²) in [6, 6.07) is 0.962. The summed E-state index contributed by atoms with van der Waals surface area (Å²) in [6.07, 6.45) is 3.72. The predicted molar refractivity (Wildman–Crippen MR) is 52.9 cm³/mol.